The first-order valence-electron chi connectivity index (χ1n) is 5.95. The van der Waals surface area contributed by atoms with Crippen LogP contribution in [0.2, 0.25) is 0 Å². The average Bonchev–Trinajstić information content (AvgIpc) is 2.25. The van der Waals surface area contributed by atoms with Crippen LogP contribution in [0.4, 0.5) is 0 Å². The summed E-state index contributed by atoms with van der Waals surface area (Å²) in [6.07, 6.45) is 4.42. The lowest BCUT2D eigenvalue weighted by atomic mass is 9.82. The van der Waals surface area contributed by atoms with E-state index in [-0.39, 0.29) is 11.9 Å². The Bertz CT molecular complexity index is 219. The van der Waals surface area contributed by atoms with E-state index in [0.717, 1.165) is 32.2 Å². The smallest absolute Gasteiger partial charge is 0.302 e. The lowest BCUT2D eigenvalue weighted by molar-refractivity contribution is -0.142. The minimum atomic E-state index is -0.194. The predicted octanol–water partition coefficient (Wildman–Crippen LogP) is 1.49. The maximum atomic E-state index is 10.8. The van der Waals surface area contributed by atoms with Gasteiger partial charge in [0.05, 0.1) is 6.61 Å². The van der Waals surface area contributed by atoms with Gasteiger partial charge in [-0.15, -0.1) is 0 Å². The van der Waals surface area contributed by atoms with E-state index >= 15 is 0 Å². The number of carbonyl (C=O) groups excluding carboxylic acids is 2. The molecule has 0 spiro atoms. The molecule has 4 heteroatoms. The molecule has 0 aliphatic heterocycles. The van der Waals surface area contributed by atoms with Crippen molar-refractivity contribution in [1.29, 1.82) is 0 Å². The second kappa shape index (κ2) is 6.51. The molecular weight excluding hydrogens is 206 g/mol. The minimum absolute atomic E-state index is 0.0436. The van der Waals surface area contributed by atoms with Crippen LogP contribution in [-0.2, 0) is 14.3 Å². The van der Waals surface area contributed by atoms with Crippen LogP contribution in [0.5, 0.6) is 0 Å². The summed E-state index contributed by atoms with van der Waals surface area (Å²) in [5, 5.41) is 2.86. The number of amides is 1. The maximum absolute atomic E-state index is 10.8. The van der Waals surface area contributed by atoms with Crippen LogP contribution in [-0.4, -0.2) is 25.0 Å². The zero-order valence-corrected chi connectivity index (χ0v) is 10.1. The van der Waals surface area contributed by atoms with Crippen molar-refractivity contribution in [3.63, 3.8) is 0 Å². The highest BCUT2D eigenvalue weighted by Gasteiger charge is 2.21. The van der Waals surface area contributed by atoms with Crippen molar-refractivity contribution in [1.82, 2.24) is 5.32 Å². The lowest BCUT2D eigenvalue weighted by Crippen LogP contribution is -2.30. The first kappa shape index (κ1) is 13.0. The van der Waals surface area contributed by atoms with Gasteiger partial charge in [0.2, 0.25) is 5.91 Å². The molecule has 0 unspecified atom stereocenters. The molecule has 16 heavy (non-hydrogen) atoms. The van der Waals surface area contributed by atoms with E-state index in [1.54, 1.807) is 6.92 Å². The first-order chi connectivity index (χ1) is 7.58. The summed E-state index contributed by atoms with van der Waals surface area (Å²) in [5.74, 6) is 0.956. The summed E-state index contributed by atoms with van der Waals surface area (Å²) in [5.41, 5.74) is 0. The second-order valence-electron chi connectivity index (χ2n) is 4.63. The van der Waals surface area contributed by atoms with Gasteiger partial charge < -0.3 is 10.1 Å². The molecule has 1 aliphatic carbocycles. The molecule has 0 heterocycles. The van der Waals surface area contributed by atoms with E-state index in [4.69, 9.17) is 4.74 Å². The van der Waals surface area contributed by atoms with E-state index in [1.807, 2.05) is 0 Å². The van der Waals surface area contributed by atoms with Gasteiger partial charge in [0.25, 0.3) is 0 Å². The summed E-state index contributed by atoms with van der Waals surface area (Å²) >= 11 is 0. The van der Waals surface area contributed by atoms with Gasteiger partial charge >= 0.3 is 5.97 Å². The number of nitrogens with one attached hydrogen (secondary N) is 1. The van der Waals surface area contributed by atoms with Gasteiger partial charge in [0, 0.05) is 20.4 Å². The third-order valence-electron chi connectivity index (χ3n) is 3.13. The zero-order chi connectivity index (χ0) is 12.0. The van der Waals surface area contributed by atoms with Crippen molar-refractivity contribution in [3.05, 3.63) is 0 Å². The molecule has 92 valence electrons. The highest BCUT2D eigenvalue weighted by Crippen LogP contribution is 2.28. The van der Waals surface area contributed by atoms with Gasteiger partial charge in [-0.2, -0.15) is 0 Å². The van der Waals surface area contributed by atoms with E-state index in [1.165, 1.54) is 6.92 Å². The van der Waals surface area contributed by atoms with E-state index < -0.39 is 0 Å². The number of rotatable bonds is 4. The topological polar surface area (TPSA) is 55.4 Å². The fraction of sp³-hybridized carbons (Fsp3) is 0.833. The molecule has 0 saturated heterocycles. The molecule has 1 aliphatic rings. The van der Waals surface area contributed by atoms with Crippen LogP contribution >= 0.6 is 0 Å². The third kappa shape index (κ3) is 5.14. The normalized spacial score (nSPS) is 24.9. The SMILES string of the molecule is CC(=O)NCC1CCC(COC(C)=O)CC1. The Hall–Kier alpha value is -1.06. The van der Waals surface area contributed by atoms with E-state index in [9.17, 15) is 9.59 Å². The summed E-state index contributed by atoms with van der Waals surface area (Å²) in [6, 6.07) is 0. The van der Waals surface area contributed by atoms with Crippen LogP contribution in [0.3, 0.4) is 0 Å². The van der Waals surface area contributed by atoms with Crippen molar-refractivity contribution in [2.24, 2.45) is 11.8 Å². The standard InChI is InChI=1S/C12H21NO3/c1-9(14)13-7-11-3-5-12(6-4-11)8-16-10(2)15/h11-12H,3-8H2,1-2H3,(H,13,14). The number of carbonyl (C=O) groups is 2. The molecule has 4 nitrogen and oxygen atoms in total. The summed E-state index contributed by atoms with van der Waals surface area (Å²) in [4.78, 5) is 21.4. The molecule has 1 rings (SSSR count). The highest BCUT2D eigenvalue weighted by molar-refractivity contribution is 5.72. The number of hydrogen-bond donors (Lipinski definition) is 1. The molecule has 1 N–H and O–H groups in total. The van der Waals surface area contributed by atoms with Crippen LogP contribution in [0, 0.1) is 11.8 Å². The molecule has 0 aromatic heterocycles. The molecule has 1 fully saturated rings. The van der Waals surface area contributed by atoms with Gasteiger partial charge in [-0.25, -0.2) is 0 Å². The molecule has 0 aromatic rings. The average molecular weight is 227 g/mol. The van der Waals surface area contributed by atoms with Crippen LogP contribution < -0.4 is 5.32 Å². The summed E-state index contributed by atoms with van der Waals surface area (Å²) < 4.78 is 5.01. The molecule has 0 radical (unpaired) electrons. The Labute approximate surface area is 96.7 Å². The van der Waals surface area contributed by atoms with Crippen molar-refractivity contribution in [2.45, 2.75) is 39.5 Å². The maximum Gasteiger partial charge on any atom is 0.302 e. The Morgan fingerprint density at radius 2 is 1.69 bits per heavy atom. The van der Waals surface area contributed by atoms with Gasteiger partial charge in [0.1, 0.15) is 0 Å². The number of esters is 1. The van der Waals surface area contributed by atoms with Gasteiger partial charge in [0.15, 0.2) is 0 Å². The monoisotopic (exact) mass is 227 g/mol. The Kier molecular flexibility index (Phi) is 5.29. The van der Waals surface area contributed by atoms with Crippen molar-refractivity contribution in [2.75, 3.05) is 13.2 Å². The number of ether oxygens (including phenoxy) is 1. The quantitative estimate of drug-likeness (QED) is 0.740. The third-order valence-corrected chi connectivity index (χ3v) is 3.13. The minimum Gasteiger partial charge on any atom is -0.466 e. The zero-order valence-electron chi connectivity index (χ0n) is 10.1. The predicted molar refractivity (Wildman–Crippen MR) is 60.8 cm³/mol. The van der Waals surface area contributed by atoms with Gasteiger partial charge in [-0.05, 0) is 37.5 Å². The van der Waals surface area contributed by atoms with Crippen molar-refractivity contribution in [3.8, 4) is 0 Å². The van der Waals surface area contributed by atoms with Crippen molar-refractivity contribution < 1.29 is 14.3 Å². The highest BCUT2D eigenvalue weighted by atomic mass is 16.5. The largest absolute Gasteiger partial charge is 0.466 e. The summed E-state index contributed by atoms with van der Waals surface area (Å²) in [6.45, 7) is 4.34. The second-order valence-corrected chi connectivity index (χ2v) is 4.63. The fourth-order valence-corrected chi connectivity index (χ4v) is 2.13. The van der Waals surface area contributed by atoms with Crippen molar-refractivity contribution >= 4 is 11.9 Å². The Morgan fingerprint density at radius 1 is 1.12 bits per heavy atom. The van der Waals surface area contributed by atoms with Crippen LogP contribution in [0.25, 0.3) is 0 Å². The molecule has 0 bridgehead atoms. The Morgan fingerprint density at radius 3 is 2.19 bits per heavy atom. The summed E-state index contributed by atoms with van der Waals surface area (Å²) in [7, 11) is 0. The molecule has 0 aromatic carbocycles. The van der Waals surface area contributed by atoms with Crippen LogP contribution in [0.1, 0.15) is 39.5 Å². The molecule has 0 atom stereocenters. The molecule has 1 amide bonds. The fourth-order valence-electron chi connectivity index (χ4n) is 2.13. The lowest BCUT2D eigenvalue weighted by Gasteiger charge is -2.28. The van der Waals surface area contributed by atoms with Gasteiger partial charge in [-0.3, -0.25) is 9.59 Å². The molecule has 1 saturated carbocycles. The van der Waals surface area contributed by atoms with Gasteiger partial charge in [-0.1, -0.05) is 0 Å². The molecular formula is C12H21NO3. The first-order valence-corrected chi connectivity index (χ1v) is 5.95. The van der Waals surface area contributed by atoms with E-state index in [0.29, 0.717) is 18.4 Å². The van der Waals surface area contributed by atoms with E-state index in [2.05, 4.69) is 5.32 Å². The number of hydrogen-bond acceptors (Lipinski definition) is 3. The Balaban J connectivity index is 2.13. The van der Waals surface area contributed by atoms with Crippen LogP contribution in [0.15, 0.2) is 0 Å².